The molecule has 1 amide bonds. The van der Waals surface area contributed by atoms with Crippen molar-refractivity contribution in [1.82, 2.24) is 14.8 Å². The van der Waals surface area contributed by atoms with Gasteiger partial charge in [0, 0.05) is 23.3 Å². The lowest BCUT2D eigenvalue weighted by atomic mass is 10.2. The summed E-state index contributed by atoms with van der Waals surface area (Å²) in [7, 11) is 5.03. The summed E-state index contributed by atoms with van der Waals surface area (Å²) in [5.41, 5.74) is 2.37. The lowest BCUT2D eigenvalue weighted by Crippen LogP contribution is -2.15. The molecule has 29 heavy (non-hydrogen) atoms. The average Bonchev–Trinajstić information content (AvgIpc) is 3.09. The second kappa shape index (κ2) is 9.19. The fourth-order valence-corrected chi connectivity index (χ4v) is 3.61. The first-order valence-corrected chi connectivity index (χ1v) is 10.1. The van der Waals surface area contributed by atoms with Crippen molar-refractivity contribution in [3.05, 3.63) is 47.0 Å². The van der Waals surface area contributed by atoms with Gasteiger partial charge in [-0.15, -0.1) is 10.2 Å². The van der Waals surface area contributed by atoms with E-state index in [0.29, 0.717) is 33.2 Å². The van der Waals surface area contributed by atoms with Gasteiger partial charge in [-0.3, -0.25) is 4.79 Å². The molecule has 1 aromatic heterocycles. The summed E-state index contributed by atoms with van der Waals surface area (Å²) < 4.78 is 12.5. The van der Waals surface area contributed by atoms with Crippen molar-refractivity contribution in [2.75, 3.05) is 25.3 Å². The summed E-state index contributed by atoms with van der Waals surface area (Å²) in [5.74, 6) is 1.97. The predicted octanol–water partition coefficient (Wildman–Crippen LogP) is 4.19. The zero-order chi connectivity index (χ0) is 21.0. The largest absolute Gasteiger partial charge is 0.493 e. The SMILES string of the molecule is COc1ccc(-c2nnc(SCC(=O)Nc3cccc(Cl)c3C)n2C)cc1OC. The summed E-state index contributed by atoms with van der Waals surface area (Å²) in [6, 6.07) is 10.9. The molecular weight excluding hydrogens is 412 g/mol. The lowest BCUT2D eigenvalue weighted by molar-refractivity contribution is -0.113. The van der Waals surface area contributed by atoms with Gasteiger partial charge in [-0.05, 0) is 42.8 Å². The minimum Gasteiger partial charge on any atom is -0.493 e. The maximum Gasteiger partial charge on any atom is 0.234 e. The molecule has 2 aromatic carbocycles. The van der Waals surface area contributed by atoms with Crippen molar-refractivity contribution >= 4 is 35.0 Å². The number of thioether (sulfide) groups is 1. The Morgan fingerprint density at radius 3 is 2.66 bits per heavy atom. The fourth-order valence-electron chi connectivity index (χ4n) is 2.73. The maximum atomic E-state index is 12.3. The lowest BCUT2D eigenvalue weighted by Gasteiger charge is -2.10. The normalized spacial score (nSPS) is 10.7. The number of rotatable bonds is 7. The number of nitrogens with one attached hydrogen (secondary N) is 1. The second-order valence-electron chi connectivity index (χ2n) is 6.18. The molecule has 7 nitrogen and oxygen atoms in total. The Morgan fingerprint density at radius 2 is 1.93 bits per heavy atom. The molecule has 0 unspecified atom stereocenters. The van der Waals surface area contributed by atoms with Gasteiger partial charge in [-0.2, -0.15) is 0 Å². The van der Waals surface area contributed by atoms with Crippen LogP contribution in [-0.4, -0.2) is 40.6 Å². The van der Waals surface area contributed by atoms with Crippen molar-refractivity contribution < 1.29 is 14.3 Å². The van der Waals surface area contributed by atoms with Gasteiger partial charge in [0.15, 0.2) is 22.5 Å². The first-order valence-electron chi connectivity index (χ1n) is 8.74. The van der Waals surface area contributed by atoms with Crippen molar-refractivity contribution in [3.63, 3.8) is 0 Å². The molecule has 0 aliphatic carbocycles. The Balaban J connectivity index is 1.70. The van der Waals surface area contributed by atoms with E-state index in [1.165, 1.54) is 11.8 Å². The molecule has 0 spiro atoms. The smallest absolute Gasteiger partial charge is 0.234 e. The third kappa shape index (κ3) is 4.65. The Morgan fingerprint density at radius 1 is 1.17 bits per heavy atom. The van der Waals surface area contributed by atoms with Gasteiger partial charge < -0.3 is 19.4 Å². The molecule has 3 aromatic rings. The van der Waals surface area contributed by atoms with E-state index in [1.807, 2.05) is 42.8 Å². The first-order chi connectivity index (χ1) is 13.9. The summed E-state index contributed by atoms with van der Waals surface area (Å²) in [6.45, 7) is 1.86. The second-order valence-corrected chi connectivity index (χ2v) is 7.53. The topological polar surface area (TPSA) is 78.3 Å². The highest BCUT2D eigenvalue weighted by molar-refractivity contribution is 7.99. The molecule has 0 fully saturated rings. The number of amides is 1. The van der Waals surface area contributed by atoms with E-state index in [1.54, 1.807) is 26.4 Å². The summed E-state index contributed by atoms with van der Waals surface area (Å²) in [6.07, 6.45) is 0. The molecule has 9 heteroatoms. The Bertz CT molecular complexity index is 1040. The quantitative estimate of drug-likeness (QED) is 0.564. The minimum absolute atomic E-state index is 0.143. The zero-order valence-corrected chi connectivity index (χ0v) is 18.1. The monoisotopic (exact) mass is 432 g/mol. The van der Waals surface area contributed by atoms with Crippen molar-refractivity contribution in [3.8, 4) is 22.9 Å². The number of aromatic nitrogens is 3. The molecule has 0 aliphatic heterocycles. The molecule has 152 valence electrons. The highest BCUT2D eigenvalue weighted by atomic mass is 35.5. The van der Waals surface area contributed by atoms with Gasteiger partial charge in [0.1, 0.15) is 0 Å². The van der Waals surface area contributed by atoms with Crippen molar-refractivity contribution in [2.45, 2.75) is 12.1 Å². The standard InChI is InChI=1S/C20H21ClN4O3S/c1-12-14(21)6-5-7-15(12)22-18(26)11-29-20-24-23-19(25(20)2)13-8-9-16(27-3)17(10-13)28-4/h5-10H,11H2,1-4H3,(H,22,26). The molecular formula is C20H21ClN4O3S. The third-order valence-corrected chi connectivity index (χ3v) is 5.78. The molecule has 0 bridgehead atoms. The maximum absolute atomic E-state index is 12.3. The number of halogens is 1. The number of hydrogen-bond donors (Lipinski definition) is 1. The van der Waals surface area contributed by atoms with Crippen LogP contribution in [0.15, 0.2) is 41.6 Å². The summed E-state index contributed by atoms with van der Waals surface area (Å²) in [5, 5.41) is 12.6. The molecule has 0 atom stereocenters. The van der Waals surface area contributed by atoms with Crippen molar-refractivity contribution in [2.24, 2.45) is 7.05 Å². The van der Waals surface area contributed by atoms with Crippen LogP contribution in [0.3, 0.4) is 0 Å². The van der Waals surface area contributed by atoms with Crippen LogP contribution in [0.25, 0.3) is 11.4 Å². The number of methoxy groups -OCH3 is 2. The molecule has 0 saturated heterocycles. The van der Waals surface area contributed by atoms with E-state index in [4.69, 9.17) is 21.1 Å². The molecule has 0 saturated carbocycles. The zero-order valence-electron chi connectivity index (χ0n) is 16.5. The van der Waals surface area contributed by atoms with E-state index in [0.717, 1.165) is 11.1 Å². The van der Waals surface area contributed by atoms with Crippen LogP contribution < -0.4 is 14.8 Å². The van der Waals surface area contributed by atoms with Crippen LogP contribution in [0.5, 0.6) is 11.5 Å². The highest BCUT2D eigenvalue weighted by Gasteiger charge is 2.15. The first kappa shape index (κ1) is 21.0. The van der Waals surface area contributed by atoms with E-state index in [-0.39, 0.29) is 11.7 Å². The third-order valence-electron chi connectivity index (χ3n) is 4.35. The van der Waals surface area contributed by atoms with Crippen LogP contribution in [0, 0.1) is 6.92 Å². The Hall–Kier alpha value is -2.71. The number of carbonyl (C=O) groups excluding carboxylic acids is 1. The number of hydrogen-bond acceptors (Lipinski definition) is 6. The fraction of sp³-hybridized carbons (Fsp3) is 0.250. The van der Waals surface area contributed by atoms with Gasteiger partial charge in [-0.1, -0.05) is 29.4 Å². The van der Waals surface area contributed by atoms with E-state index in [9.17, 15) is 4.79 Å². The molecule has 0 aliphatic rings. The molecule has 1 heterocycles. The van der Waals surface area contributed by atoms with Crippen molar-refractivity contribution in [1.29, 1.82) is 0 Å². The van der Waals surface area contributed by atoms with Crippen LogP contribution in [-0.2, 0) is 11.8 Å². The van der Waals surface area contributed by atoms with Crippen LogP contribution >= 0.6 is 23.4 Å². The number of benzene rings is 2. The Labute approximate surface area is 178 Å². The summed E-state index contributed by atoms with van der Waals surface area (Å²) in [4.78, 5) is 12.3. The average molecular weight is 433 g/mol. The number of ether oxygens (including phenoxy) is 2. The van der Waals surface area contributed by atoms with E-state index >= 15 is 0 Å². The number of anilines is 1. The molecule has 3 rings (SSSR count). The number of nitrogens with zero attached hydrogens (tertiary/aromatic N) is 3. The predicted molar refractivity (Wildman–Crippen MR) is 115 cm³/mol. The summed E-state index contributed by atoms with van der Waals surface area (Å²) >= 11 is 7.40. The van der Waals surface area contributed by atoms with Gasteiger partial charge in [0.2, 0.25) is 5.91 Å². The van der Waals surface area contributed by atoms with Gasteiger partial charge >= 0.3 is 0 Å². The van der Waals surface area contributed by atoms with E-state index in [2.05, 4.69) is 15.5 Å². The Kier molecular flexibility index (Phi) is 6.66. The number of carbonyl (C=O) groups is 1. The van der Waals surface area contributed by atoms with E-state index < -0.39 is 0 Å². The molecule has 0 radical (unpaired) electrons. The molecule has 1 N–H and O–H groups in total. The minimum atomic E-state index is -0.143. The van der Waals surface area contributed by atoms with Gasteiger partial charge in [0.05, 0.1) is 20.0 Å². The van der Waals surface area contributed by atoms with Gasteiger partial charge in [0.25, 0.3) is 0 Å². The highest BCUT2D eigenvalue weighted by Crippen LogP contribution is 2.32. The van der Waals surface area contributed by atoms with Crippen LogP contribution in [0.1, 0.15) is 5.56 Å². The van der Waals surface area contributed by atoms with Crippen LogP contribution in [0.4, 0.5) is 5.69 Å². The van der Waals surface area contributed by atoms with Gasteiger partial charge in [-0.25, -0.2) is 0 Å². The van der Waals surface area contributed by atoms with Crippen LogP contribution in [0.2, 0.25) is 5.02 Å².